The quantitative estimate of drug-likeness (QED) is 0.763. The first-order valence-electron chi connectivity index (χ1n) is 6.69. The monoisotopic (exact) mass is 224 g/mol. The zero-order chi connectivity index (χ0) is 11.5. The highest BCUT2D eigenvalue weighted by molar-refractivity contribution is 5.77. The second-order valence-electron chi connectivity index (χ2n) is 5.71. The van der Waals surface area contributed by atoms with E-state index in [9.17, 15) is 4.79 Å². The van der Waals surface area contributed by atoms with E-state index < -0.39 is 0 Å². The van der Waals surface area contributed by atoms with Crippen LogP contribution in [0, 0.1) is 11.8 Å². The Kier molecular flexibility index (Phi) is 3.85. The van der Waals surface area contributed by atoms with E-state index in [-0.39, 0.29) is 11.8 Å². The van der Waals surface area contributed by atoms with Crippen molar-refractivity contribution in [3.05, 3.63) is 0 Å². The molecular formula is C13H24N2O. The lowest BCUT2D eigenvalue weighted by molar-refractivity contribution is -0.124. The van der Waals surface area contributed by atoms with Crippen LogP contribution in [0.5, 0.6) is 0 Å². The molecule has 92 valence electrons. The van der Waals surface area contributed by atoms with E-state index in [1.165, 1.54) is 25.7 Å². The molecule has 2 saturated heterocycles. The van der Waals surface area contributed by atoms with E-state index in [1.54, 1.807) is 0 Å². The van der Waals surface area contributed by atoms with Crippen LogP contribution in [0.2, 0.25) is 0 Å². The van der Waals surface area contributed by atoms with Crippen molar-refractivity contribution >= 4 is 5.91 Å². The normalized spacial score (nSPS) is 33.1. The molecule has 16 heavy (non-hydrogen) atoms. The maximum Gasteiger partial charge on any atom is 0.222 e. The minimum absolute atomic E-state index is 0.115. The predicted molar refractivity (Wildman–Crippen MR) is 65.1 cm³/mol. The van der Waals surface area contributed by atoms with Crippen molar-refractivity contribution in [2.75, 3.05) is 6.54 Å². The number of piperidine rings is 1. The van der Waals surface area contributed by atoms with Gasteiger partial charge in [-0.1, -0.05) is 13.8 Å². The SMILES string of the molecule is CC(C)C(=O)NCCC1CC2CCC(C1)N2. The first-order valence-corrected chi connectivity index (χ1v) is 6.69. The average Bonchev–Trinajstić information content (AvgIpc) is 2.58. The van der Waals surface area contributed by atoms with Gasteiger partial charge < -0.3 is 10.6 Å². The Hall–Kier alpha value is -0.570. The highest BCUT2D eigenvalue weighted by atomic mass is 16.1. The molecule has 3 heteroatoms. The number of amides is 1. The van der Waals surface area contributed by atoms with E-state index in [0.717, 1.165) is 31.0 Å². The molecule has 2 atom stereocenters. The molecular weight excluding hydrogens is 200 g/mol. The molecule has 0 aliphatic carbocycles. The van der Waals surface area contributed by atoms with Crippen LogP contribution < -0.4 is 10.6 Å². The maximum absolute atomic E-state index is 11.4. The second kappa shape index (κ2) is 5.17. The summed E-state index contributed by atoms with van der Waals surface area (Å²) in [6, 6.07) is 1.54. The number of nitrogens with one attached hydrogen (secondary N) is 2. The third-order valence-corrected chi connectivity index (χ3v) is 3.95. The van der Waals surface area contributed by atoms with Crippen LogP contribution in [0.3, 0.4) is 0 Å². The van der Waals surface area contributed by atoms with Crippen LogP contribution in [-0.4, -0.2) is 24.5 Å². The Morgan fingerprint density at radius 1 is 1.31 bits per heavy atom. The summed E-state index contributed by atoms with van der Waals surface area (Å²) in [5, 5.41) is 6.67. The van der Waals surface area contributed by atoms with Gasteiger partial charge in [0.1, 0.15) is 0 Å². The van der Waals surface area contributed by atoms with Crippen molar-refractivity contribution in [3.63, 3.8) is 0 Å². The number of fused-ring (bicyclic) bond motifs is 2. The summed E-state index contributed by atoms with van der Waals surface area (Å²) < 4.78 is 0. The molecule has 0 spiro atoms. The van der Waals surface area contributed by atoms with Crippen LogP contribution in [-0.2, 0) is 4.79 Å². The van der Waals surface area contributed by atoms with Crippen LogP contribution in [0.1, 0.15) is 46.0 Å². The van der Waals surface area contributed by atoms with Crippen molar-refractivity contribution < 1.29 is 4.79 Å². The van der Waals surface area contributed by atoms with E-state index in [2.05, 4.69) is 10.6 Å². The van der Waals surface area contributed by atoms with Gasteiger partial charge in [-0.25, -0.2) is 0 Å². The second-order valence-corrected chi connectivity index (χ2v) is 5.71. The Balaban J connectivity index is 1.65. The summed E-state index contributed by atoms with van der Waals surface area (Å²) >= 11 is 0. The molecule has 2 unspecified atom stereocenters. The van der Waals surface area contributed by atoms with Gasteiger partial charge in [-0.15, -0.1) is 0 Å². The molecule has 0 radical (unpaired) electrons. The van der Waals surface area contributed by atoms with Gasteiger partial charge in [-0.05, 0) is 38.0 Å². The Morgan fingerprint density at radius 3 is 2.50 bits per heavy atom. The van der Waals surface area contributed by atoms with Crippen molar-refractivity contribution in [1.29, 1.82) is 0 Å². The predicted octanol–water partition coefficient (Wildman–Crippen LogP) is 1.68. The largest absolute Gasteiger partial charge is 0.356 e. The first-order chi connectivity index (χ1) is 7.65. The average molecular weight is 224 g/mol. The number of rotatable bonds is 4. The highest BCUT2D eigenvalue weighted by Gasteiger charge is 2.32. The third kappa shape index (κ3) is 2.97. The Labute approximate surface area is 98.4 Å². The number of hydrogen-bond acceptors (Lipinski definition) is 2. The lowest BCUT2D eigenvalue weighted by atomic mass is 9.90. The van der Waals surface area contributed by atoms with Gasteiger partial charge >= 0.3 is 0 Å². The van der Waals surface area contributed by atoms with Gasteiger partial charge in [-0.3, -0.25) is 4.79 Å². The number of carbonyl (C=O) groups is 1. The van der Waals surface area contributed by atoms with Gasteiger partial charge in [0.2, 0.25) is 5.91 Å². The fourth-order valence-corrected chi connectivity index (χ4v) is 3.01. The molecule has 2 bridgehead atoms. The summed E-state index contributed by atoms with van der Waals surface area (Å²) in [4.78, 5) is 11.4. The minimum Gasteiger partial charge on any atom is -0.356 e. The van der Waals surface area contributed by atoms with Gasteiger partial charge in [-0.2, -0.15) is 0 Å². The smallest absolute Gasteiger partial charge is 0.222 e. The molecule has 0 aromatic rings. The molecule has 2 rings (SSSR count). The molecule has 0 aromatic carbocycles. The molecule has 2 aliphatic rings. The number of hydrogen-bond donors (Lipinski definition) is 2. The molecule has 0 aromatic heterocycles. The standard InChI is InChI=1S/C13H24N2O/c1-9(2)13(16)14-6-5-10-7-11-3-4-12(8-10)15-11/h9-12,15H,3-8H2,1-2H3,(H,14,16). The van der Waals surface area contributed by atoms with Crippen molar-refractivity contribution in [2.24, 2.45) is 11.8 Å². The summed E-state index contributed by atoms with van der Waals surface area (Å²) in [7, 11) is 0. The fourth-order valence-electron chi connectivity index (χ4n) is 3.01. The first kappa shape index (κ1) is 11.9. The van der Waals surface area contributed by atoms with E-state index in [4.69, 9.17) is 0 Å². The zero-order valence-corrected chi connectivity index (χ0v) is 10.5. The fraction of sp³-hybridized carbons (Fsp3) is 0.923. The van der Waals surface area contributed by atoms with Gasteiger partial charge in [0.25, 0.3) is 0 Å². The van der Waals surface area contributed by atoms with Crippen LogP contribution in [0.25, 0.3) is 0 Å². The van der Waals surface area contributed by atoms with E-state index >= 15 is 0 Å². The van der Waals surface area contributed by atoms with Crippen LogP contribution in [0.15, 0.2) is 0 Å². The molecule has 2 N–H and O–H groups in total. The summed E-state index contributed by atoms with van der Waals surface area (Å²) in [5.41, 5.74) is 0. The molecule has 2 heterocycles. The van der Waals surface area contributed by atoms with Crippen molar-refractivity contribution in [2.45, 2.75) is 58.0 Å². The molecule has 2 fully saturated rings. The lowest BCUT2D eigenvalue weighted by Crippen LogP contribution is -2.39. The molecule has 0 saturated carbocycles. The third-order valence-electron chi connectivity index (χ3n) is 3.95. The maximum atomic E-state index is 11.4. The topological polar surface area (TPSA) is 41.1 Å². The van der Waals surface area contributed by atoms with Gasteiger partial charge in [0, 0.05) is 24.5 Å². The highest BCUT2D eigenvalue weighted by Crippen LogP contribution is 2.32. The zero-order valence-electron chi connectivity index (χ0n) is 10.5. The lowest BCUT2D eigenvalue weighted by Gasteiger charge is -2.29. The summed E-state index contributed by atoms with van der Waals surface area (Å²) in [6.45, 7) is 4.75. The van der Waals surface area contributed by atoms with E-state index in [1.807, 2.05) is 13.8 Å². The Bertz CT molecular complexity index is 240. The van der Waals surface area contributed by atoms with Crippen molar-refractivity contribution in [3.8, 4) is 0 Å². The van der Waals surface area contributed by atoms with Crippen LogP contribution in [0.4, 0.5) is 0 Å². The van der Waals surface area contributed by atoms with Crippen molar-refractivity contribution in [1.82, 2.24) is 10.6 Å². The van der Waals surface area contributed by atoms with Gasteiger partial charge in [0.15, 0.2) is 0 Å². The molecule has 1 amide bonds. The van der Waals surface area contributed by atoms with Gasteiger partial charge in [0.05, 0.1) is 0 Å². The Morgan fingerprint density at radius 2 is 1.94 bits per heavy atom. The van der Waals surface area contributed by atoms with E-state index in [0.29, 0.717) is 0 Å². The summed E-state index contributed by atoms with van der Waals surface area (Å²) in [5.74, 6) is 1.13. The van der Waals surface area contributed by atoms with Crippen LogP contribution >= 0.6 is 0 Å². The molecule has 2 aliphatic heterocycles. The number of carbonyl (C=O) groups excluding carboxylic acids is 1. The summed E-state index contributed by atoms with van der Waals surface area (Å²) in [6.07, 6.45) is 6.51. The minimum atomic E-state index is 0.115. The molecule has 3 nitrogen and oxygen atoms in total.